The van der Waals surface area contributed by atoms with Crippen molar-refractivity contribution in [2.45, 2.75) is 13.8 Å². The van der Waals surface area contributed by atoms with Crippen LogP contribution in [0.4, 0.5) is 11.4 Å². The Morgan fingerprint density at radius 1 is 0.839 bits per heavy atom. The number of anilines is 2. The zero-order chi connectivity index (χ0) is 22.0. The summed E-state index contributed by atoms with van der Waals surface area (Å²) in [6.45, 7) is 4.45. The molecule has 0 saturated carbocycles. The molecule has 0 spiro atoms. The topological polar surface area (TPSA) is 78.5 Å². The smallest absolute Gasteiger partial charge is 0.261 e. The third-order valence-corrected chi connectivity index (χ3v) is 5.26. The van der Waals surface area contributed by atoms with Gasteiger partial charge in [-0.2, -0.15) is 0 Å². The number of benzene rings is 3. The third kappa shape index (κ3) is 4.19. The summed E-state index contributed by atoms with van der Waals surface area (Å²) in [6.07, 6.45) is 0. The minimum Gasteiger partial charge on any atom is -0.383 e. The van der Waals surface area contributed by atoms with Gasteiger partial charge in [0.15, 0.2) is 0 Å². The molecule has 3 aromatic rings. The van der Waals surface area contributed by atoms with Gasteiger partial charge in [-0.1, -0.05) is 41.5 Å². The molecule has 0 radical (unpaired) electrons. The van der Waals surface area contributed by atoms with E-state index < -0.39 is 0 Å². The van der Waals surface area contributed by atoms with Crippen LogP contribution in [0, 0.1) is 13.8 Å². The molecule has 0 saturated heterocycles. The average molecular weight is 413 g/mol. The van der Waals surface area contributed by atoms with Gasteiger partial charge >= 0.3 is 0 Å². The molecule has 6 heteroatoms. The van der Waals surface area contributed by atoms with Crippen molar-refractivity contribution in [3.05, 3.63) is 94.5 Å². The molecule has 0 atom stereocenters. The SMILES string of the molecule is Cc1ccc(NC(=O)c2cc(C)ccc2NCCN2C(=O)c3ccccc3C2=O)cc1. The van der Waals surface area contributed by atoms with E-state index in [1.807, 2.05) is 56.3 Å². The van der Waals surface area contributed by atoms with Crippen LogP contribution in [0.2, 0.25) is 0 Å². The van der Waals surface area contributed by atoms with Crippen LogP contribution >= 0.6 is 0 Å². The molecule has 3 amide bonds. The second-order valence-electron chi connectivity index (χ2n) is 7.60. The fourth-order valence-corrected chi connectivity index (χ4v) is 3.58. The first kappa shape index (κ1) is 20.3. The Labute approximate surface area is 180 Å². The van der Waals surface area contributed by atoms with Crippen molar-refractivity contribution < 1.29 is 14.4 Å². The van der Waals surface area contributed by atoms with Crippen LogP contribution in [-0.4, -0.2) is 35.7 Å². The highest BCUT2D eigenvalue weighted by Crippen LogP contribution is 2.23. The van der Waals surface area contributed by atoms with Gasteiger partial charge in [0.05, 0.1) is 16.7 Å². The predicted molar refractivity (Wildman–Crippen MR) is 121 cm³/mol. The molecule has 0 unspecified atom stereocenters. The average Bonchev–Trinajstić information content (AvgIpc) is 3.01. The molecule has 1 aliphatic heterocycles. The van der Waals surface area contributed by atoms with Gasteiger partial charge in [0.25, 0.3) is 17.7 Å². The van der Waals surface area contributed by atoms with E-state index in [1.165, 1.54) is 4.90 Å². The fraction of sp³-hybridized carbons (Fsp3) is 0.160. The Bertz CT molecular complexity index is 1130. The number of hydrogen-bond acceptors (Lipinski definition) is 4. The van der Waals surface area contributed by atoms with Gasteiger partial charge in [0.1, 0.15) is 0 Å². The normalized spacial score (nSPS) is 12.6. The molecule has 31 heavy (non-hydrogen) atoms. The molecule has 0 aromatic heterocycles. The zero-order valence-corrected chi connectivity index (χ0v) is 17.4. The lowest BCUT2D eigenvalue weighted by molar-refractivity contribution is 0.0660. The van der Waals surface area contributed by atoms with Gasteiger partial charge in [0.2, 0.25) is 0 Å². The summed E-state index contributed by atoms with van der Waals surface area (Å²) in [5, 5.41) is 6.12. The summed E-state index contributed by atoms with van der Waals surface area (Å²) in [7, 11) is 0. The number of fused-ring (bicyclic) bond motifs is 1. The van der Waals surface area contributed by atoms with Gasteiger partial charge in [-0.05, 0) is 50.2 Å². The van der Waals surface area contributed by atoms with E-state index >= 15 is 0 Å². The van der Waals surface area contributed by atoms with Crippen LogP contribution in [0.15, 0.2) is 66.7 Å². The summed E-state index contributed by atoms with van der Waals surface area (Å²) >= 11 is 0. The molecule has 156 valence electrons. The lowest BCUT2D eigenvalue weighted by atomic mass is 10.1. The second kappa shape index (κ2) is 8.44. The Balaban J connectivity index is 1.45. The highest BCUT2D eigenvalue weighted by molar-refractivity contribution is 6.21. The maximum Gasteiger partial charge on any atom is 0.261 e. The number of rotatable bonds is 6. The van der Waals surface area contributed by atoms with Crippen LogP contribution in [0.3, 0.4) is 0 Å². The van der Waals surface area contributed by atoms with Gasteiger partial charge < -0.3 is 10.6 Å². The number of imide groups is 1. The highest BCUT2D eigenvalue weighted by Gasteiger charge is 2.34. The predicted octanol–water partition coefficient (Wildman–Crippen LogP) is 4.26. The number of aryl methyl sites for hydroxylation is 2. The van der Waals surface area contributed by atoms with E-state index in [4.69, 9.17) is 0 Å². The van der Waals surface area contributed by atoms with Crippen molar-refractivity contribution in [3.63, 3.8) is 0 Å². The van der Waals surface area contributed by atoms with Gasteiger partial charge in [-0.3, -0.25) is 19.3 Å². The fourth-order valence-electron chi connectivity index (χ4n) is 3.58. The first-order valence-corrected chi connectivity index (χ1v) is 10.1. The maximum atomic E-state index is 12.9. The van der Waals surface area contributed by atoms with Crippen LogP contribution in [0.1, 0.15) is 42.2 Å². The van der Waals surface area contributed by atoms with Crippen molar-refractivity contribution in [2.75, 3.05) is 23.7 Å². The second-order valence-corrected chi connectivity index (χ2v) is 7.60. The van der Waals surface area contributed by atoms with E-state index in [1.54, 1.807) is 24.3 Å². The summed E-state index contributed by atoms with van der Waals surface area (Å²) < 4.78 is 0. The molecular weight excluding hydrogens is 390 g/mol. The Morgan fingerprint density at radius 3 is 2.10 bits per heavy atom. The summed E-state index contributed by atoms with van der Waals surface area (Å²) in [4.78, 5) is 39.1. The molecule has 1 heterocycles. The van der Waals surface area contributed by atoms with E-state index in [-0.39, 0.29) is 24.3 Å². The first-order valence-electron chi connectivity index (χ1n) is 10.1. The zero-order valence-electron chi connectivity index (χ0n) is 17.4. The Morgan fingerprint density at radius 2 is 1.45 bits per heavy atom. The molecule has 0 fully saturated rings. The van der Waals surface area contributed by atoms with E-state index in [0.29, 0.717) is 34.6 Å². The quantitative estimate of drug-likeness (QED) is 0.592. The monoisotopic (exact) mass is 413 g/mol. The number of nitrogens with zero attached hydrogens (tertiary/aromatic N) is 1. The van der Waals surface area contributed by atoms with Crippen LogP contribution in [-0.2, 0) is 0 Å². The molecule has 1 aliphatic rings. The van der Waals surface area contributed by atoms with Gasteiger partial charge in [-0.15, -0.1) is 0 Å². The lowest BCUT2D eigenvalue weighted by Crippen LogP contribution is -2.34. The van der Waals surface area contributed by atoms with Crippen molar-refractivity contribution >= 4 is 29.1 Å². The Kier molecular flexibility index (Phi) is 5.54. The van der Waals surface area contributed by atoms with Gasteiger partial charge in [0, 0.05) is 24.5 Å². The molecule has 3 aromatic carbocycles. The maximum absolute atomic E-state index is 12.9. The van der Waals surface area contributed by atoms with Crippen molar-refractivity contribution in [2.24, 2.45) is 0 Å². The summed E-state index contributed by atoms with van der Waals surface area (Å²) in [5.41, 5.74) is 4.80. The van der Waals surface area contributed by atoms with Crippen LogP contribution in [0.25, 0.3) is 0 Å². The first-order chi connectivity index (χ1) is 14.9. The molecule has 4 rings (SSSR count). The standard InChI is InChI=1S/C25H23N3O3/c1-16-7-10-18(11-8-16)27-23(29)21-15-17(2)9-12-22(21)26-13-14-28-24(30)19-5-3-4-6-20(19)25(28)31/h3-12,15,26H,13-14H2,1-2H3,(H,27,29). The number of nitrogens with one attached hydrogen (secondary N) is 2. The lowest BCUT2D eigenvalue weighted by Gasteiger charge is -2.17. The van der Waals surface area contributed by atoms with Crippen molar-refractivity contribution in [1.82, 2.24) is 4.90 Å². The van der Waals surface area contributed by atoms with Crippen molar-refractivity contribution in [3.8, 4) is 0 Å². The van der Waals surface area contributed by atoms with Crippen LogP contribution in [0.5, 0.6) is 0 Å². The van der Waals surface area contributed by atoms with E-state index in [9.17, 15) is 14.4 Å². The van der Waals surface area contributed by atoms with E-state index in [0.717, 1.165) is 11.1 Å². The molecule has 2 N–H and O–H groups in total. The number of carbonyl (C=O) groups is 3. The minimum atomic E-state index is -0.288. The third-order valence-electron chi connectivity index (χ3n) is 5.26. The summed E-state index contributed by atoms with van der Waals surface area (Å²) in [6, 6.07) is 20.0. The molecular formula is C25H23N3O3. The van der Waals surface area contributed by atoms with Gasteiger partial charge in [-0.25, -0.2) is 0 Å². The highest BCUT2D eigenvalue weighted by atomic mass is 16.2. The minimum absolute atomic E-state index is 0.208. The van der Waals surface area contributed by atoms with Crippen molar-refractivity contribution in [1.29, 1.82) is 0 Å². The van der Waals surface area contributed by atoms with Crippen LogP contribution < -0.4 is 10.6 Å². The number of carbonyl (C=O) groups excluding carboxylic acids is 3. The molecule has 0 aliphatic carbocycles. The Hall–Kier alpha value is -3.93. The largest absolute Gasteiger partial charge is 0.383 e. The number of amides is 3. The molecule has 6 nitrogen and oxygen atoms in total. The van der Waals surface area contributed by atoms with E-state index in [2.05, 4.69) is 10.6 Å². The molecule has 0 bridgehead atoms. The summed E-state index contributed by atoms with van der Waals surface area (Å²) in [5.74, 6) is -0.803. The number of hydrogen-bond donors (Lipinski definition) is 2.